The highest BCUT2D eigenvalue weighted by Gasteiger charge is 2.18. The van der Waals surface area contributed by atoms with Crippen LogP contribution in [-0.2, 0) is 10.0 Å². The van der Waals surface area contributed by atoms with E-state index in [1.165, 1.54) is 24.3 Å². The molecule has 1 amide bonds. The summed E-state index contributed by atoms with van der Waals surface area (Å²) < 4.78 is 27.2. The molecular weight excluding hydrogens is 348 g/mol. The summed E-state index contributed by atoms with van der Waals surface area (Å²) >= 11 is 5.93. The first kappa shape index (κ1) is 18.3. The Bertz CT molecular complexity index is 841. The van der Waals surface area contributed by atoms with Crippen LogP contribution in [0.3, 0.4) is 0 Å². The number of anilines is 1. The van der Waals surface area contributed by atoms with Gasteiger partial charge in [-0.1, -0.05) is 23.7 Å². The van der Waals surface area contributed by atoms with E-state index in [2.05, 4.69) is 10.0 Å². The molecule has 0 aliphatic heterocycles. The fraction of sp³-hybridized carbons (Fsp3) is 0.235. The molecule has 0 unspecified atom stereocenters. The molecule has 0 aromatic heterocycles. The van der Waals surface area contributed by atoms with E-state index in [1.807, 2.05) is 20.8 Å². The molecule has 7 heteroatoms. The summed E-state index contributed by atoms with van der Waals surface area (Å²) in [6.07, 6.45) is 0. The number of amides is 1. The fourth-order valence-corrected chi connectivity index (χ4v) is 3.55. The summed E-state index contributed by atoms with van der Waals surface area (Å²) in [6, 6.07) is 12.4. The van der Waals surface area contributed by atoms with Crippen LogP contribution < -0.4 is 10.0 Å². The van der Waals surface area contributed by atoms with Crippen LogP contribution in [-0.4, -0.2) is 19.9 Å². The second kappa shape index (κ2) is 6.83. The Morgan fingerprint density at radius 1 is 1.00 bits per heavy atom. The Labute approximate surface area is 147 Å². The van der Waals surface area contributed by atoms with E-state index in [0.29, 0.717) is 11.3 Å². The Hall–Kier alpha value is -2.05. The van der Waals surface area contributed by atoms with Crippen molar-refractivity contribution in [1.29, 1.82) is 0 Å². The smallest absolute Gasteiger partial charge is 0.263 e. The van der Waals surface area contributed by atoms with E-state index in [9.17, 15) is 13.2 Å². The van der Waals surface area contributed by atoms with Gasteiger partial charge in [0.25, 0.3) is 15.9 Å². The Kier molecular flexibility index (Phi) is 5.20. The Balaban J connectivity index is 2.17. The van der Waals surface area contributed by atoms with E-state index >= 15 is 0 Å². The lowest BCUT2D eigenvalue weighted by Gasteiger charge is -2.20. The first-order valence-electron chi connectivity index (χ1n) is 7.28. The van der Waals surface area contributed by atoms with Crippen molar-refractivity contribution in [3.05, 3.63) is 59.1 Å². The van der Waals surface area contributed by atoms with E-state index in [4.69, 9.17) is 11.6 Å². The van der Waals surface area contributed by atoms with Gasteiger partial charge in [0.1, 0.15) is 4.90 Å². The molecule has 0 aliphatic carbocycles. The summed E-state index contributed by atoms with van der Waals surface area (Å²) in [5.74, 6) is -0.219. The molecule has 2 aromatic rings. The largest absolute Gasteiger partial charge is 0.347 e. The average molecular weight is 367 g/mol. The number of rotatable bonds is 4. The minimum absolute atomic E-state index is 0.00113. The lowest BCUT2D eigenvalue weighted by molar-refractivity contribution is 0.0919. The molecule has 0 fully saturated rings. The highest BCUT2D eigenvalue weighted by Crippen LogP contribution is 2.23. The van der Waals surface area contributed by atoms with Crippen molar-refractivity contribution in [1.82, 2.24) is 5.32 Å². The van der Waals surface area contributed by atoms with Gasteiger partial charge in [-0.15, -0.1) is 0 Å². The molecule has 0 saturated carbocycles. The molecule has 24 heavy (non-hydrogen) atoms. The average Bonchev–Trinajstić information content (AvgIpc) is 2.46. The second-order valence-electron chi connectivity index (χ2n) is 6.32. The van der Waals surface area contributed by atoms with Crippen molar-refractivity contribution >= 4 is 33.2 Å². The number of halogens is 1. The maximum Gasteiger partial charge on any atom is 0.263 e. The lowest BCUT2D eigenvalue weighted by Crippen LogP contribution is -2.40. The molecule has 0 atom stereocenters. The number of carbonyl (C=O) groups excluding carboxylic acids is 1. The van der Waals surface area contributed by atoms with Crippen molar-refractivity contribution in [2.45, 2.75) is 31.2 Å². The van der Waals surface area contributed by atoms with Gasteiger partial charge in [-0.25, -0.2) is 8.42 Å². The zero-order chi connectivity index (χ0) is 18.0. The molecule has 0 spiro atoms. The Morgan fingerprint density at radius 2 is 1.58 bits per heavy atom. The third-order valence-corrected chi connectivity index (χ3v) is 4.90. The second-order valence-corrected chi connectivity index (χ2v) is 8.38. The van der Waals surface area contributed by atoms with E-state index in [-0.39, 0.29) is 21.4 Å². The van der Waals surface area contributed by atoms with Crippen LogP contribution in [0.2, 0.25) is 5.02 Å². The van der Waals surface area contributed by atoms with Gasteiger partial charge in [-0.05, 0) is 57.2 Å². The molecule has 0 aliphatic rings. The lowest BCUT2D eigenvalue weighted by atomic mass is 10.1. The van der Waals surface area contributed by atoms with Gasteiger partial charge < -0.3 is 5.32 Å². The number of hydrogen-bond donors (Lipinski definition) is 2. The van der Waals surface area contributed by atoms with Crippen molar-refractivity contribution in [2.75, 3.05) is 4.72 Å². The van der Waals surface area contributed by atoms with Crippen molar-refractivity contribution in [2.24, 2.45) is 0 Å². The van der Waals surface area contributed by atoms with Crippen LogP contribution in [0.25, 0.3) is 0 Å². The summed E-state index contributed by atoms with van der Waals surface area (Å²) in [6.45, 7) is 5.66. The van der Waals surface area contributed by atoms with Gasteiger partial charge in [-0.2, -0.15) is 0 Å². The highest BCUT2D eigenvalue weighted by molar-refractivity contribution is 7.92. The quantitative estimate of drug-likeness (QED) is 0.866. The molecule has 2 rings (SSSR count). The molecule has 0 heterocycles. The topological polar surface area (TPSA) is 75.3 Å². The zero-order valence-corrected chi connectivity index (χ0v) is 15.2. The molecule has 2 aromatic carbocycles. The molecule has 128 valence electrons. The van der Waals surface area contributed by atoms with Crippen LogP contribution in [0.4, 0.5) is 5.69 Å². The minimum atomic E-state index is -3.79. The standard InChI is InChI=1S/C17H19ClN2O3S/c1-17(2,3)19-16(21)12-8-10-13(11-9-12)20-24(22,23)15-7-5-4-6-14(15)18/h4-11,20H,1-3H3,(H,19,21). The van der Waals surface area contributed by atoms with Gasteiger partial charge in [0.05, 0.1) is 5.02 Å². The van der Waals surface area contributed by atoms with Crippen LogP contribution in [0.5, 0.6) is 0 Å². The van der Waals surface area contributed by atoms with Crippen molar-refractivity contribution in [3.8, 4) is 0 Å². The van der Waals surface area contributed by atoms with Gasteiger partial charge in [0.15, 0.2) is 0 Å². The Morgan fingerprint density at radius 3 is 2.12 bits per heavy atom. The maximum atomic E-state index is 12.4. The van der Waals surface area contributed by atoms with Crippen molar-refractivity contribution < 1.29 is 13.2 Å². The van der Waals surface area contributed by atoms with Crippen LogP contribution in [0, 0.1) is 0 Å². The summed E-state index contributed by atoms with van der Waals surface area (Å²) in [7, 11) is -3.79. The molecular formula is C17H19ClN2O3S. The molecule has 5 nitrogen and oxygen atoms in total. The first-order valence-corrected chi connectivity index (χ1v) is 9.14. The zero-order valence-electron chi connectivity index (χ0n) is 13.6. The maximum absolute atomic E-state index is 12.4. The third-order valence-electron chi connectivity index (χ3n) is 3.01. The van der Waals surface area contributed by atoms with Gasteiger partial charge in [0.2, 0.25) is 0 Å². The van der Waals surface area contributed by atoms with E-state index in [1.54, 1.807) is 24.3 Å². The number of benzene rings is 2. The molecule has 0 radical (unpaired) electrons. The summed E-state index contributed by atoms with van der Waals surface area (Å²) in [5.41, 5.74) is 0.453. The van der Waals surface area contributed by atoms with E-state index < -0.39 is 10.0 Å². The van der Waals surface area contributed by atoms with Crippen molar-refractivity contribution in [3.63, 3.8) is 0 Å². The first-order chi connectivity index (χ1) is 11.1. The third kappa shape index (κ3) is 4.72. The normalized spacial score (nSPS) is 11.8. The van der Waals surface area contributed by atoms with Gasteiger partial charge >= 0.3 is 0 Å². The molecule has 2 N–H and O–H groups in total. The van der Waals surface area contributed by atoms with Gasteiger partial charge in [-0.3, -0.25) is 9.52 Å². The highest BCUT2D eigenvalue weighted by atomic mass is 35.5. The minimum Gasteiger partial charge on any atom is -0.347 e. The number of nitrogens with one attached hydrogen (secondary N) is 2. The van der Waals surface area contributed by atoms with Crippen LogP contribution >= 0.6 is 11.6 Å². The fourth-order valence-electron chi connectivity index (χ4n) is 1.98. The van der Waals surface area contributed by atoms with Crippen LogP contribution in [0.1, 0.15) is 31.1 Å². The summed E-state index contributed by atoms with van der Waals surface area (Å²) in [4.78, 5) is 12.1. The summed E-state index contributed by atoms with van der Waals surface area (Å²) in [5, 5.41) is 2.99. The van der Waals surface area contributed by atoms with Gasteiger partial charge in [0, 0.05) is 16.8 Å². The van der Waals surface area contributed by atoms with E-state index in [0.717, 1.165) is 0 Å². The number of sulfonamides is 1. The molecule has 0 saturated heterocycles. The predicted molar refractivity (Wildman–Crippen MR) is 95.9 cm³/mol. The monoisotopic (exact) mass is 366 g/mol. The SMILES string of the molecule is CC(C)(C)NC(=O)c1ccc(NS(=O)(=O)c2ccccc2Cl)cc1. The number of carbonyl (C=O) groups is 1. The predicted octanol–water partition coefficient (Wildman–Crippen LogP) is 3.67. The molecule has 0 bridgehead atoms. The number of hydrogen-bond acceptors (Lipinski definition) is 3. The van der Waals surface area contributed by atoms with Crippen LogP contribution in [0.15, 0.2) is 53.4 Å².